The lowest BCUT2D eigenvalue weighted by molar-refractivity contribution is 0.110. The molecule has 106 valence electrons. The summed E-state index contributed by atoms with van der Waals surface area (Å²) >= 11 is 11.0. The van der Waals surface area contributed by atoms with Gasteiger partial charge < -0.3 is 15.8 Å². The second kappa shape index (κ2) is 8.35. The third-order valence-electron chi connectivity index (χ3n) is 2.48. The molecule has 0 bridgehead atoms. The number of rotatable bonds is 8. The van der Waals surface area contributed by atoms with E-state index >= 15 is 0 Å². The van der Waals surface area contributed by atoms with Gasteiger partial charge in [0.2, 0.25) is 0 Å². The van der Waals surface area contributed by atoms with Crippen molar-refractivity contribution >= 4 is 34.5 Å². The van der Waals surface area contributed by atoms with Gasteiger partial charge >= 0.3 is 0 Å². The van der Waals surface area contributed by atoms with Crippen molar-refractivity contribution in [1.82, 2.24) is 0 Å². The van der Waals surface area contributed by atoms with Crippen LogP contribution >= 0.6 is 23.8 Å². The van der Waals surface area contributed by atoms with Gasteiger partial charge in [0.25, 0.3) is 0 Å². The Morgan fingerprint density at radius 3 is 2.84 bits per heavy atom. The summed E-state index contributed by atoms with van der Waals surface area (Å²) in [6.45, 7) is 6.62. The van der Waals surface area contributed by atoms with Crippen molar-refractivity contribution in [3.05, 3.63) is 28.8 Å². The zero-order valence-corrected chi connectivity index (χ0v) is 13.0. The minimum Gasteiger partial charge on any atom is -0.389 e. The van der Waals surface area contributed by atoms with Crippen molar-refractivity contribution in [3.63, 3.8) is 0 Å². The zero-order valence-electron chi connectivity index (χ0n) is 11.4. The van der Waals surface area contributed by atoms with E-state index in [1.165, 1.54) is 0 Å². The van der Waals surface area contributed by atoms with E-state index in [0.717, 1.165) is 37.4 Å². The Morgan fingerprint density at radius 1 is 1.47 bits per heavy atom. The van der Waals surface area contributed by atoms with Crippen molar-refractivity contribution in [2.24, 2.45) is 11.7 Å². The van der Waals surface area contributed by atoms with Gasteiger partial charge in [0, 0.05) is 36.0 Å². The molecule has 0 unspecified atom stereocenters. The van der Waals surface area contributed by atoms with E-state index in [-0.39, 0.29) is 0 Å². The number of hydrogen-bond acceptors (Lipinski definition) is 3. The van der Waals surface area contributed by atoms with E-state index < -0.39 is 0 Å². The summed E-state index contributed by atoms with van der Waals surface area (Å²) in [6.07, 6.45) is 0.927. The van der Waals surface area contributed by atoms with Gasteiger partial charge in [0.15, 0.2) is 0 Å². The van der Waals surface area contributed by atoms with Crippen LogP contribution in [0.3, 0.4) is 0 Å². The summed E-state index contributed by atoms with van der Waals surface area (Å²) in [7, 11) is 0. The molecule has 0 saturated heterocycles. The third kappa shape index (κ3) is 6.23. The molecule has 3 N–H and O–H groups in total. The SMILES string of the molecule is CC(C)COCCCNc1cc(Cl)ccc1C(N)=S. The Morgan fingerprint density at radius 2 is 2.21 bits per heavy atom. The van der Waals surface area contributed by atoms with Gasteiger partial charge in [0.1, 0.15) is 4.99 Å². The Hall–Kier alpha value is -0.840. The molecule has 1 aromatic carbocycles. The number of ether oxygens (including phenoxy) is 1. The molecule has 0 aliphatic carbocycles. The van der Waals surface area contributed by atoms with Gasteiger partial charge in [-0.05, 0) is 30.5 Å². The predicted octanol–water partition coefficient (Wildman–Crippen LogP) is 3.45. The lowest BCUT2D eigenvalue weighted by atomic mass is 10.1. The topological polar surface area (TPSA) is 47.3 Å². The standard InChI is InChI=1S/C14H21ClN2OS/c1-10(2)9-18-7-3-6-17-13-8-11(15)4-5-12(13)14(16)19/h4-5,8,10,17H,3,6-7,9H2,1-2H3,(H2,16,19). The molecule has 5 heteroatoms. The molecule has 0 saturated carbocycles. The number of nitrogens with one attached hydrogen (secondary N) is 1. The number of benzene rings is 1. The van der Waals surface area contributed by atoms with Gasteiger partial charge in [-0.3, -0.25) is 0 Å². The summed E-state index contributed by atoms with van der Waals surface area (Å²) in [5.74, 6) is 0.571. The fourth-order valence-corrected chi connectivity index (χ4v) is 1.94. The van der Waals surface area contributed by atoms with E-state index in [1.54, 1.807) is 6.07 Å². The first kappa shape index (κ1) is 16.2. The maximum atomic E-state index is 5.97. The van der Waals surface area contributed by atoms with Crippen LogP contribution in [0, 0.1) is 5.92 Å². The van der Waals surface area contributed by atoms with Crippen LogP contribution < -0.4 is 11.1 Å². The van der Waals surface area contributed by atoms with Gasteiger partial charge in [-0.1, -0.05) is 37.7 Å². The van der Waals surface area contributed by atoms with Crippen molar-refractivity contribution in [2.75, 3.05) is 25.1 Å². The van der Waals surface area contributed by atoms with Crippen molar-refractivity contribution in [1.29, 1.82) is 0 Å². The van der Waals surface area contributed by atoms with Crippen molar-refractivity contribution < 1.29 is 4.74 Å². The minimum absolute atomic E-state index is 0.371. The van der Waals surface area contributed by atoms with Crippen molar-refractivity contribution in [3.8, 4) is 0 Å². The highest BCUT2D eigenvalue weighted by Crippen LogP contribution is 2.21. The normalized spacial score (nSPS) is 10.7. The Balaban J connectivity index is 2.40. The van der Waals surface area contributed by atoms with Gasteiger partial charge in [-0.15, -0.1) is 0 Å². The first-order chi connectivity index (χ1) is 9.00. The third-order valence-corrected chi connectivity index (χ3v) is 2.93. The fourth-order valence-electron chi connectivity index (χ4n) is 1.59. The molecule has 1 aromatic rings. The molecule has 19 heavy (non-hydrogen) atoms. The largest absolute Gasteiger partial charge is 0.389 e. The Kier molecular flexibility index (Phi) is 7.13. The smallest absolute Gasteiger partial charge is 0.106 e. The lowest BCUT2D eigenvalue weighted by Crippen LogP contribution is -2.14. The monoisotopic (exact) mass is 300 g/mol. The summed E-state index contributed by atoms with van der Waals surface area (Å²) < 4.78 is 5.52. The van der Waals surface area contributed by atoms with E-state index in [2.05, 4.69) is 19.2 Å². The molecule has 0 amide bonds. The molecular formula is C14H21ClN2OS. The lowest BCUT2D eigenvalue weighted by Gasteiger charge is -2.12. The molecule has 0 heterocycles. The Bertz CT molecular complexity index is 424. The number of hydrogen-bond donors (Lipinski definition) is 2. The van der Waals surface area contributed by atoms with Crippen LogP contribution in [0.15, 0.2) is 18.2 Å². The molecule has 0 spiro atoms. The average Bonchev–Trinajstić information content (AvgIpc) is 2.33. The highest BCUT2D eigenvalue weighted by atomic mass is 35.5. The van der Waals surface area contributed by atoms with Crippen LogP contribution in [0.5, 0.6) is 0 Å². The van der Waals surface area contributed by atoms with Crippen LogP contribution in [0.2, 0.25) is 5.02 Å². The first-order valence-corrected chi connectivity index (χ1v) is 7.20. The highest BCUT2D eigenvalue weighted by Gasteiger charge is 2.05. The quantitative estimate of drug-likeness (QED) is 0.570. The number of anilines is 1. The highest BCUT2D eigenvalue weighted by molar-refractivity contribution is 7.80. The maximum Gasteiger partial charge on any atom is 0.106 e. The summed E-state index contributed by atoms with van der Waals surface area (Å²) in [5, 5.41) is 3.96. The van der Waals surface area contributed by atoms with E-state index in [0.29, 0.717) is 15.9 Å². The van der Waals surface area contributed by atoms with E-state index in [9.17, 15) is 0 Å². The number of thiocarbonyl (C=S) groups is 1. The summed E-state index contributed by atoms with van der Waals surface area (Å²) in [6, 6.07) is 5.46. The fraction of sp³-hybridized carbons (Fsp3) is 0.500. The summed E-state index contributed by atoms with van der Waals surface area (Å²) in [5.41, 5.74) is 7.37. The summed E-state index contributed by atoms with van der Waals surface area (Å²) in [4.78, 5) is 0.371. The molecule has 0 radical (unpaired) electrons. The second-order valence-electron chi connectivity index (χ2n) is 4.80. The van der Waals surface area contributed by atoms with Gasteiger partial charge in [-0.2, -0.15) is 0 Å². The van der Waals surface area contributed by atoms with E-state index in [4.69, 9.17) is 34.3 Å². The molecule has 0 aromatic heterocycles. The molecule has 0 fully saturated rings. The number of halogens is 1. The van der Waals surface area contributed by atoms with Crippen molar-refractivity contribution in [2.45, 2.75) is 20.3 Å². The van der Waals surface area contributed by atoms with Crippen LogP contribution in [0.25, 0.3) is 0 Å². The molecule has 0 aliphatic rings. The zero-order chi connectivity index (χ0) is 14.3. The van der Waals surface area contributed by atoms with Gasteiger partial charge in [-0.25, -0.2) is 0 Å². The molecular weight excluding hydrogens is 280 g/mol. The second-order valence-corrected chi connectivity index (χ2v) is 5.68. The molecule has 0 aliphatic heterocycles. The van der Waals surface area contributed by atoms with Crippen LogP contribution in [0.4, 0.5) is 5.69 Å². The van der Waals surface area contributed by atoms with E-state index in [1.807, 2.05) is 12.1 Å². The predicted molar refractivity (Wildman–Crippen MR) is 86.1 cm³/mol. The van der Waals surface area contributed by atoms with Crippen LogP contribution in [-0.2, 0) is 4.74 Å². The Labute approximate surface area is 125 Å². The molecule has 0 atom stereocenters. The van der Waals surface area contributed by atoms with Gasteiger partial charge in [0.05, 0.1) is 0 Å². The number of nitrogens with two attached hydrogens (primary N) is 1. The van der Waals surface area contributed by atoms with Crippen LogP contribution in [-0.4, -0.2) is 24.7 Å². The minimum atomic E-state index is 0.371. The van der Waals surface area contributed by atoms with Crippen LogP contribution in [0.1, 0.15) is 25.8 Å². The average molecular weight is 301 g/mol. The first-order valence-electron chi connectivity index (χ1n) is 6.41. The molecule has 1 rings (SSSR count). The maximum absolute atomic E-state index is 5.97. The molecule has 3 nitrogen and oxygen atoms in total.